The zero-order valence-corrected chi connectivity index (χ0v) is 27.2. The highest BCUT2D eigenvalue weighted by Crippen LogP contribution is 2.38. The van der Waals surface area contributed by atoms with E-state index in [-0.39, 0.29) is 35.1 Å². The Bertz CT molecular complexity index is 2470. The molecule has 8 aromatic rings. The van der Waals surface area contributed by atoms with E-state index in [4.69, 9.17) is 54.8 Å². The number of hydrogen-bond acceptors (Lipinski definition) is 12. The van der Waals surface area contributed by atoms with Gasteiger partial charge in [0, 0.05) is 41.8 Å². The van der Waals surface area contributed by atoms with Crippen LogP contribution in [0, 0.1) is 17.5 Å². The van der Waals surface area contributed by atoms with Crippen molar-refractivity contribution in [3.05, 3.63) is 84.4 Å². The van der Waals surface area contributed by atoms with Crippen molar-refractivity contribution in [1.82, 2.24) is 50.2 Å². The van der Waals surface area contributed by atoms with Crippen molar-refractivity contribution < 1.29 is 27.4 Å². The number of nitrogens with one attached hydrogen (secondary N) is 4. The van der Waals surface area contributed by atoms with Crippen LogP contribution in [0.1, 0.15) is 11.6 Å². The van der Waals surface area contributed by atoms with Gasteiger partial charge in [0.1, 0.15) is 17.1 Å². The molecule has 0 unspecified atom stereocenters. The first-order valence-corrected chi connectivity index (χ1v) is 14.9. The summed E-state index contributed by atoms with van der Waals surface area (Å²) in [4.78, 5) is 28.2. The fraction of sp³-hybridized carbons (Fsp3) is 0.0714. The second kappa shape index (κ2) is 13.9. The van der Waals surface area contributed by atoms with Crippen LogP contribution in [0.25, 0.3) is 55.7 Å². The second-order valence-electron chi connectivity index (χ2n) is 9.74. The predicted molar refractivity (Wildman–Crippen MR) is 176 cm³/mol. The number of anilines is 1. The zero-order valence-electron chi connectivity index (χ0n) is 24.9. The molecule has 16 nitrogen and oxygen atoms in total. The molecule has 0 bridgehead atoms. The summed E-state index contributed by atoms with van der Waals surface area (Å²) >= 11 is 16.9. The van der Waals surface area contributed by atoms with Gasteiger partial charge >= 0.3 is 6.01 Å². The van der Waals surface area contributed by atoms with Crippen molar-refractivity contribution >= 4 is 79.4 Å². The van der Waals surface area contributed by atoms with Gasteiger partial charge in [-0.2, -0.15) is 9.97 Å². The molecular weight excluding hydrogens is 730 g/mol. The van der Waals surface area contributed by atoms with Crippen LogP contribution in [0.5, 0.6) is 0 Å². The Kier molecular flexibility index (Phi) is 9.44. The molecule has 0 aliphatic carbocycles. The molecule has 0 aromatic carbocycles. The summed E-state index contributed by atoms with van der Waals surface area (Å²) in [6.45, 7) is 0. The molecule has 256 valence electrons. The highest BCUT2D eigenvalue weighted by molar-refractivity contribution is 6.66. The Morgan fingerprint density at radius 3 is 1.74 bits per heavy atom. The number of aromatic amines is 3. The minimum Gasteiger partial charge on any atom is -0.409 e. The molecule has 0 fully saturated rings. The van der Waals surface area contributed by atoms with E-state index in [1.165, 1.54) is 0 Å². The quantitative estimate of drug-likeness (QED) is 0.0390. The summed E-state index contributed by atoms with van der Waals surface area (Å²) < 4.78 is 48.0. The van der Waals surface area contributed by atoms with E-state index in [0.29, 0.717) is 49.9 Å². The van der Waals surface area contributed by atoms with Crippen molar-refractivity contribution in [2.24, 2.45) is 10.9 Å². The van der Waals surface area contributed by atoms with E-state index >= 15 is 0 Å². The Morgan fingerprint density at radius 1 is 0.780 bits per heavy atom. The predicted octanol–water partition coefficient (Wildman–Crippen LogP) is 6.17. The van der Waals surface area contributed by atoms with Gasteiger partial charge in [-0.3, -0.25) is 0 Å². The number of H-pyrrole nitrogens is 3. The number of fused-ring (bicyclic) bond motifs is 3. The van der Waals surface area contributed by atoms with Gasteiger partial charge in [0.05, 0.1) is 35.1 Å². The summed E-state index contributed by atoms with van der Waals surface area (Å²) in [5, 5.41) is 22.6. The molecule has 50 heavy (non-hydrogen) atoms. The van der Waals surface area contributed by atoms with Crippen LogP contribution in [0.2, 0.25) is 0 Å². The summed E-state index contributed by atoms with van der Waals surface area (Å²) in [7, 11) is 1.67. The lowest BCUT2D eigenvalue weighted by Crippen LogP contribution is -2.15. The molecule has 0 atom stereocenters. The van der Waals surface area contributed by atoms with Gasteiger partial charge in [-0.05, 0) is 18.2 Å². The Balaban J connectivity index is 0.000000131. The molecule has 0 amide bonds. The Labute approximate surface area is 290 Å². The van der Waals surface area contributed by atoms with Gasteiger partial charge in [-0.1, -0.05) is 50.3 Å². The van der Waals surface area contributed by atoms with E-state index in [0.717, 1.165) is 18.6 Å². The summed E-state index contributed by atoms with van der Waals surface area (Å²) in [6, 6.07) is 5.05. The van der Waals surface area contributed by atoms with E-state index < -0.39 is 15.4 Å². The average molecular weight is 749 g/mol. The van der Waals surface area contributed by atoms with Crippen molar-refractivity contribution in [2.45, 2.75) is 3.79 Å². The molecule has 0 aliphatic heterocycles. The highest BCUT2D eigenvalue weighted by Gasteiger charge is 2.31. The molecular formula is C28H19Cl3F3N13O3. The number of aromatic nitrogens is 10. The number of alkyl halides is 3. The van der Waals surface area contributed by atoms with Crippen LogP contribution in [0.15, 0.2) is 69.6 Å². The van der Waals surface area contributed by atoms with Gasteiger partial charge < -0.3 is 40.3 Å². The van der Waals surface area contributed by atoms with Gasteiger partial charge in [-0.15, -0.1) is 0 Å². The number of nitrogens with zero attached hydrogens (tertiary/aromatic N) is 8. The Hall–Kier alpha value is -5.92. The number of halogens is 6. The first kappa shape index (κ1) is 34.0. The third-order valence-corrected chi connectivity index (χ3v) is 7.21. The van der Waals surface area contributed by atoms with Crippen LogP contribution in [0.4, 0.5) is 19.2 Å². The lowest BCUT2D eigenvalue weighted by molar-refractivity contribution is 0.318. The van der Waals surface area contributed by atoms with Crippen LogP contribution >= 0.6 is 34.8 Å². The SMILES string of the molecule is CNc1nc(-c2ncc(F)c3cc[nH]c23)no1.Fc1cnc(-c2noc(C(Cl)(Cl)Cl)n2)c2[nH]ccc12.N/C(=N\O)c1ncc(F)c2cc[nH]c12. The maximum Gasteiger partial charge on any atom is 0.321 e. The number of pyridine rings is 3. The molecule has 8 heterocycles. The number of oxime groups is 1. The number of amidine groups is 1. The molecule has 8 rings (SSSR count). The summed E-state index contributed by atoms with van der Waals surface area (Å²) in [5.41, 5.74) is 7.77. The van der Waals surface area contributed by atoms with Crippen LogP contribution in [-0.2, 0) is 3.79 Å². The van der Waals surface area contributed by atoms with E-state index in [1.807, 2.05) is 0 Å². The van der Waals surface area contributed by atoms with E-state index in [9.17, 15) is 13.2 Å². The van der Waals surface area contributed by atoms with Gasteiger partial charge in [0.25, 0.3) is 9.68 Å². The standard InChI is InChI=1S/C10H4Cl3FN4O.C10H8FN5O.C8H7FN4O/c11-10(12,13)9-17-8(18-19-9)7-6-4(1-2-15-6)5(14)3-16-7;1-12-10-15-9(16-17-10)8-7-5(2-3-13-7)6(11)4-14-8;9-5-3-12-7(8(10)13-14)6-4(5)1-2-11-6/h1-3,15H;2-4,13H,1H3,(H,12,15,16);1-3,11,14H,(H2,10,13). The fourth-order valence-corrected chi connectivity index (χ4v) is 4.73. The third kappa shape index (κ3) is 6.68. The lowest BCUT2D eigenvalue weighted by atomic mass is 10.2. The number of rotatable bonds is 4. The zero-order chi connectivity index (χ0) is 35.6. The molecule has 0 radical (unpaired) electrons. The van der Waals surface area contributed by atoms with Crippen LogP contribution in [-0.4, -0.2) is 68.3 Å². The minimum absolute atomic E-state index is 0.105. The fourth-order valence-electron chi connectivity index (χ4n) is 4.50. The molecule has 22 heteroatoms. The molecule has 8 aromatic heterocycles. The van der Waals surface area contributed by atoms with Gasteiger partial charge in [-0.25, -0.2) is 28.1 Å². The minimum atomic E-state index is -1.82. The Morgan fingerprint density at radius 2 is 1.26 bits per heavy atom. The van der Waals surface area contributed by atoms with Gasteiger partial charge in [0.2, 0.25) is 11.6 Å². The average Bonchev–Trinajstić information content (AvgIpc) is 3.95. The van der Waals surface area contributed by atoms with E-state index in [1.54, 1.807) is 43.8 Å². The smallest absolute Gasteiger partial charge is 0.321 e. The van der Waals surface area contributed by atoms with Crippen molar-refractivity contribution in [3.63, 3.8) is 0 Å². The first-order chi connectivity index (χ1) is 24.0. The summed E-state index contributed by atoms with van der Waals surface area (Å²) in [6.07, 6.45) is 8.01. The molecule has 7 N–H and O–H groups in total. The molecule has 0 saturated heterocycles. The third-order valence-electron chi connectivity index (χ3n) is 6.73. The summed E-state index contributed by atoms with van der Waals surface area (Å²) in [5.74, 6) is -1.21. The second-order valence-corrected chi connectivity index (χ2v) is 12.0. The maximum atomic E-state index is 13.5. The molecule has 0 spiro atoms. The maximum absolute atomic E-state index is 13.5. The van der Waals surface area contributed by atoms with Crippen molar-refractivity contribution in [1.29, 1.82) is 0 Å². The van der Waals surface area contributed by atoms with E-state index in [2.05, 4.69) is 60.7 Å². The topological polar surface area (TPSA) is 235 Å². The number of hydrogen-bond donors (Lipinski definition) is 6. The van der Waals surface area contributed by atoms with Gasteiger partial charge in [0.15, 0.2) is 23.3 Å². The molecule has 0 saturated carbocycles. The first-order valence-electron chi connectivity index (χ1n) is 13.8. The molecule has 0 aliphatic rings. The van der Waals surface area contributed by atoms with Crippen LogP contribution in [0.3, 0.4) is 0 Å². The number of nitrogens with two attached hydrogens (primary N) is 1. The van der Waals surface area contributed by atoms with Crippen LogP contribution < -0.4 is 11.1 Å². The largest absolute Gasteiger partial charge is 0.409 e. The highest BCUT2D eigenvalue weighted by atomic mass is 35.6. The normalized spacial score (nSPS) is 11.8. The van der Waals surface area contributed by atoms with Crippen molar-refractivity contribution in [3.8, 4) is 23.0 Å². The lowest BCUT2D eigenvalue weighted by Gasteiger charge is -2.01. The monoisotopic (exact) mass is 747 g/mol. The van der Waals surface area contributed by atoms with Crippen molar-refractivity contribution in [2.75, 3.05) is 12.4 Å².